The van der Waals surface area contributed by atoms with E-state index in [-0.39, 0.29) is 6.10 Å². The Kier molecular flexibility index (Phi) is 3.82. The number of aliphatic hydroxyl groups excluding tert-OH is 1. The van der Waals surface area contributed by atoms with Crippen LogP contribution in [0.1, 0.15) is 64.3 Å². The summed E-state index contributed by atoms with van der Waals surface area (Å²) in [6, 6.07) is 0. The molecule has 3 heteroatoms. The van der Waals surface area contributed by atoms with E-state index in [1.165, 1.54) is 36.3 Å². The quantitative estimate of drug-likeness (QED) is 0.644. The molecule has 2 saturated carbocycles. The van der Waals surface area contributed by atoms with Crippen LogP contribution in [0.25, 0.3) is 5.57 Å². The first-order valence-corrected chi connectivity index (χ1v) is 11.3. The minimum absolute atomic E-state index is 0.114. The smallest absolute Gasteiger partial charge is 0.119 e. The Balaban J connectivity index is 1.52. The van der Waals surface area contributed by atoms with Crippen LogP contribution in [-0.2, 0) is 0 Å². The Hall–Kier alpha value is -0.930. The molecule has 0 bridgehead atoms. The molecule has 7 atom stereocenters. The fourth-order valence-electron chi connectivity index (χ4n) is 7.26. The van der Waals surface area contributed by atoms with Crippen LogP contribution < -0.4 is 0 Å². The summed E-state index contributed by atoms with van der Waals surface area (Å²) in [4.78, 5) is 4.66. The maximum absolute atomic E-state index is 10.2. The van der Waals surface area contributed by atoms with Crippen molar-refractivity contribution >= 4 is 16.9 Å². The third-order valence-corrected chi connectivity index (χ3v) is 9.46. The lowest BCUT2D eigenvalue weighted by atomic mass is 9.45. The van der Waals surface area contributed by atoms with Crippen molar-refractivity contribution in [3.05, 3.63) is 34.3 Å². The van der Waals surface area contributed by atoms with Gasteiger partial charge in [-0.05, 0) is 78.6 Å². The number of aliphatic hydroxyl groups is 1. The number of rotatable bonds is 1. The summed E-state index contributed by atoms with van der Waals surface area (Å²) < 4.78 is 0. The van der Waals surface area contributed by atoms with Crippen LogP contribution in [0.3, 0.4) is 0 Å². The summed E-state index contributed by atoms with van der Waals surface area (Å²) in [5, 5.41) is 13.6. The average molecular weight is 370 g/mol. The molecule has 1 heterocycles. The van der Waals surface area contributed by atoms with E-state index in [4.69, 9.17) is 0 Å². The normalized spacial score (nSPS) is 47.5. The first kappa shape index (κ1) is 17.2. The highest BCUT2D eigenvalue weighted by molar-refractivity contribution is 7.10. The molecule has 4 aliphatic rings. The van der Waals surface area contributed by atoms with Gasteiger partial charge in [0, 0.05) is 11.6 Å². The fraction of sp³-hybridized carbons (Fsp3) is 0.696. The van der Waals surface area contributed by atoms with E-state index in [1.54, 1.807) is 16.9 Å². The van der Waals surface area contributed by atoms with Gasteiger partial charge in [0.1, 0.15) is 5.01 Å². The van der Waals surface area contributed by atoms with Crippen LogP contribution >= 0.6 is 11.3 Å². The molecule has 140 valence electrons. The van der Waals surface area contributed by atoms with Gasteiger partial charge >= 0.3 is 0 Å². The molecule has 1 aromatic heterocycles. The Morgan fingerprint density at radius 3 is 2.73 bits per heavy atom. The number of fused-ring (bicyclic) bond motifs is 5. The van der Waals surface area contributed by atoms with Crippen molar-refractivity contribution in [2.45, 2.75) is 65.4 Å². The Morgan fingerprint density at radius 1 is 1.15 bits per heavy atom. The molecule has 0 aromatic carbocycles. The second kappa shape index (κ2) is 5.78. The lowest BCUT2D eigenvalue weighted by Crippen LogP contribution is -2.52. The van der Waals surface area contributed by atoms with Crippen LogP contribution in [0.4, 0.5) is 0 Å². The molecule has 2 fully saturated rings. The Bertz CT molecular complexity index is 765. The van der Waals surface area contributed by atoms with Crippen molar-refractivity contribution in [1.29, 1.82) is 0 Å². The number of thiazole rings is 1. The van der Waals surface area contributed by atoms with Crippen LogP contribution in [-0.4, -0.2) is 16.2 Å². The number of allylic oxidation sites excluding steroid dienone is 3. The molecule has 0 spiro atoms. The van der Waals surface area contributed by atoms with Crippen molar-refractivity contribution in [1.82, 2.24) is 4.98 Å². The molecule has 0 aliphatic heterocycles. The summed E-state index contributed by atoms with van der Waals surface area (Å²) in [6.45, 7) is 7.48. The highest BCUT2D eigenvalue weighted by atomic mass is 32.1. The summed E-state index contributed by atoms with van der Waals surface area (Å²) in [6.07, 6.45) is 13.8. The Morgan fingerprint density at radius 2 is 1.96 bits per heavy atom. The molecular formula is C23H31NOS. The van der Waals surface area contributed by atoms with Gasteiger partial charge in [-0.15, -0.1) is 11.3 Å². The van der Waals surface area contributed by atoms with E-state index < -0.39 is 0 Å². The molecule has 1 aromatic rings. The predicted molar refractivity (Wildman–Crippen MR) is 108 cm³/mol. The fourth-order valence-corrected chi connectivity index (χ4v) is 8.07. The monoisotopic (exact) mass is 369 g/mol. The number of hydrogen-bond donors (Lipinski definition) is 1. The molecule has 1 N–H and O–H groups in total. The topological polar surface area (TPSA) is 33.1 Å². The van der Waals surface area contributed by atoms with Gasteiger partial charge in [0.15, 0.2) is 0 Å². The second-order valence-electron chi connectivity index (χ2n) is 9.80. The van der Waals surface area contributed by atoms with E-state index in [0.717, 1.165) is 30.6 Å². The van der Waals surface area contributed by atoms with E-state index in [2.05, 4.69) is 43.3 Å². The van der Waals surface area contributed by atoms with Crippen molar-refractivity contribution in [2.75, 3.05) is 0 Å². The highest BCUT2D eigenvalue weighted by Gasteiger charge is 2.58. The summed E-state index contributed by atoms with van der Waals surface area (Å²) in [7, 11) is 0. The minimum atomic E-state index is -0.114. The van der Waals surface area contributed by atoms with Crippen molar-refractivity contribution in [3.8, 4) is 0 Å². The molecule has 0 radical (unpaired) electrons. The molecule has 4 aliphatic carbocycles. The van der Waals surface area contributed by atoms with Crippen LogP contribution in [0.2, 0.25) is 0 Å². The predicted octanol–water partition coefficient (Wildman–Crippen LogP) is 5.71. The van der Waals surface area contributed by atoms with Crippen molar-refractivity contribution in [2.24, 2.45) is 34.5 Å². The van der Waals surface area contributed by atoms with Gasteiger partial charge in [0.25, 0.3) is 0 Å². The summed E-state index contributed by atoms with van der Waals surface area (Å²) in [5.74, 6) is 2.93. The first-order valence-electron chi connectivity index (χ1n) is 10.4. The Labute approximate surface area is 161 Å². The largest absolute Gasteiger partial charge is 0.393 e. The van der Waals surface area contributed by atoms with Crippen LogP contribution in [0.5, 0.6) is 0 Å². The zero-order chi connectivity index (χ0) is 18.1. The van der Waals surface area contributed by atoms with Crippen molar-refractivity contribution < 1.29 is 5.11 Å². The molecule has 0 unspecified atom stereocenters. The highest BCUT2D eigenvalue weighted by Crippen LogP contribution is 2.67. The molecule has 0 amide bonds. The lowest BCUT2D eigenvalue weighted by Gasteiger charge is -2.59. The van der Waals surface area contributed by atoms with E-state index in [0.29, 0.717) is 16.7 Å². The molecule has 26 heavy (non-hydrogen) atoms. The van der Waals surface area contributed by atoms with Gasteiger partial charge in [-0.3, -0.25) is 0 Å². The third-order valence-electron chi connectivity index (χ3n) is 8.65. The van der Waals surface area contributed by atoms with Gasteiger partial charge in [0.2, 0.25) is 0 Å². The lowest BCUT2D eigenvalue weighted by molar-refractivity contribution is -0.0425. The first-order chi connectivity index (χ1) is 12.4. The van der Waals surface area contributed by atoms with Crippen molar-refractivity contribution in [3.63, 3.8) is 0 Å². The maximum atomic E-state index is 10.2. The van der Waals surface area contributed by atoms with Gasteiger partial charge in [-0.2, -0.15) is 0 Å². The molecule has 2 nitrogen and oxygen atoms in total. The maximum Gasteiger partial charge on any atom is 0.119 e. The van der Waals surface area contributed by atoms with Gasteiger partial charge in [0.05, 0.1) is 6.10 Å². The number of nitrogens with zero attached hydrogens (tertiary/aromatic N) is 1. The minimum Gasteiger partial charge on any atom is -0.393 e. The SMILES string of the molecule is C[C@@H]1C=C2C[C@H](O)CC[C@]2(C)[C@H]2CC[C@]3(C)C(c4nccs4)=CC[C@H]3[C@H]12. The van der Waals surface area contributed by atoms with E-state index in [1.807, 2.05) is 6.20 Å². The van der Waals surface area contributed by atoms with Gasteiger partial charge < -0.3 is 5.11 Å². The summed E-state index contributed by atoms with van der Waals surface area (Å²) >= 11 is 1.80. The van der Waals surface area contributed by atoms with E-state index in [9.17, 15) is 5.11 Å². The average Bonchev–Trinajstić information content (AvgIpc) is 3.23. The standard InChI is InChI=1S/C23H31NOS/c1-14-12-15-13-16(25)6-8-22(15,2)18-7-9-23(3)17(20(14)18)4-5-19(23)21-24-10-11-26-21/h5,10-12,14,16-18,20,25H,4,6-9,13H2,1-3H3/t14-,16-,17+,18+,20+,22+,23+/m1/s1. The summed E-state index contributed by atoms with van der Waals surface area (Å²) in [5.41, 5.74) is 3.71. The van der Waals surface area contributed by atoms with Gasteiger partial charge in [-0.25, -0.2) is 4.98 Å². The van der Waals surface area contributed by atoms with E-state index >= 15 is 0 Å². The second-order valence-corrected chi connectivity index (χ2v) is 10.7. The zero-order valence-electron chi connectivity index (χ0n) is 16.2. The number of hydrogen-bond acceptors (Lipinski definition) is 3. The third kappa shape index (κ3) is 2.22. The van der Waals surface area contributed by atoms with Gasteiger partial charge in [-0.1, -0.05) is 38.5 Å². The molecular weight excluding hydrogens is 338 g/mol. The molecule has 0 saturated heterocycles. The molecule has 5 rings (SSSR count). The zero-order valence-corrected chi connectivity index (χ0v) is 17.1. The van der Waals surface area contributed by atoms with Crippen LogP contribution in [0, 0.1) is 34.5 Å². The van der Waals surface area contributed by atoms with Crippen LogP contribution in [0.15, 0.2) is 29.3 Å². The number of aromatic nitrogens is 1.